The number of phenols is 3. The summed E-state index contributed by atoms with van der Waals surface area (Å²) in [7, 11) is 0. The molecule has 0 amide bonds. The molecule has 7 aromatic carbocycles. The van der Waals surface area contributed by atoms with Gasteiger partial charge in [0.25, 0.3) is 0 Å². The van der Waals surface area contributed by atoms with Crippen LogP contribution < -0.4 is 0 Å². The van der Waals surface area contributed by atoms with Crippen molar-refractivity contribution in [1.82, 2.24) is 0 Å². The zero-order chi connectivity index (χ0) is 32.8. The van der Waals surface area contributed by atoms with Crippen molar-refractivity contribution in [1.29, 1.82) is 0 Å². The zero-order valence-electron chi connectivity index (χ0n) is 27.1. The van der Waals surface area contributed by atoms with Crippen molar-refractivity contribution in [2.75, 3.05) is 0 Å². The van der Waals surface area contributed by atoms with Gasteiger partial charge in [0.1, 0.15) is 17.2 Å². The third-order valence-corrected chi connectivity index (χ3v) is 9.78. The molecule has 0 aliphatic carbocycles. The maximum Gasteiger partial charge on any atom is 0.115 e. The largest absolute Gasteiger partial charge is 0.508 e. The summed E-state index contributed by atoms with van der Waals surface area (Å²) >= 11 is 0. The second-order valence-electron chi connectivity index (χ2n) is 12.8. The minimum Gasteiger partial charge on any atom is -0.508 e. The van der Waals surface area contributed by atoms with E-state index in [4.69, 9.17) is 0 Å². The van der Waals surface area contributed by atoms with Crippen LogP contribution in [0, 0.1) is 27.7 Å². The summed E-state index contributed by atoms with van der Waals surface area (Å²) in [6.45, 7) is 8.36. The molecule has 0 aromatic heterocycles. The molecule has 1 unspecified atom stereocenters. The van der Waals surface area contributed by atoms with Crippen molar-refractivity contribution in [3.05, 3.63) is 183 Å². The smallest absolute Gasteiger partial charge is 0.115 e. The van der Waals surface area contributed by atoms with Crippen LogP contribution in [0.2, 0.25) is 0 Å². The molecule has 3 nitrogen and oxygen atoms in total. The van der Waals surface area contributed by atoms with Crippen LogP contribution >= 0.6 is 0 Å². The third kappa shape index (κ3) is 5.28. The zero-order valence-corrected chi connectivity index (χ0v) is 27.1. The maximum absolute atomic E-state index is 10.4. The first-order valence-electron chi connectivity index (χ1n) is 16.1. The summed E-state index contributed by atoms with van der Waals surface area (Å²) in [5.74, 6) is 0.471. The second kappa shape index (κ2) is 12.0. The third-order valence-electron chi connectivity index (χ3n) is 9.78. The Bertz CT molecular complexity index is 2190. The van der Waals surface area contributed by atoms with Crippen molar-refractivity contribution >= 4 is 21.5 Å². The quantitative estimate of drug-likeness (QED) is 0.129. The van der Waals surface area contributed by atoms with Crippen molar-refractivity contribution in [2.24, 2.45) is 0 Å². The number of hydrogen-bond donors (Lipinski definition) is 3. The van der Waals surface area contributed by atoms with Gasteiger partial charge in [0.05, 0.1) is 0 Å². The van der Waals surface area contributed by atoms with Gasteiger partial charge in [-0.05, 0) is 141 Å². The molecule has 0 aliphatic rings. The van der Waals surface area contributed by atoms with Crippen LogP contribution in [-0.2, 0) is 0 Å². The number of phenolic OH excluding ortho intramolecular Hbond substituents is 3. The van der Waals surface area contributed by atoms with E-state index in [0.29, 0.717) is 0 Å². The van der Waals surface area contributed by atoms with E-state index in [1.165, 1.54) is 33.0 Å². The summed E-state index contributed by atoms with van der Waals surface area (Å²) in [5.41, 5.74) is 11.2. The molecule has 0 bridgehead atoms. The van der Waals surface area contributed by atoms with Gasteiger partial charge < -0.3 is 15.3 Å². The molecule has 3 N–H and O–H groups in total. The Hall–Kier alpha value is -5.54. The molecule has 0 heterocycles. The van der Waals surface area contributed by atoms with E-state index in [2.05, 4.69) is 107 Å². The minimum atomic E-state index is -0.174. The van der Waals surface area contributed by atoms with Gasteiger partial charge in [-0.25, -0.2) is 0 Å². The summed E-state index contributed by atoms with van der Waals surface area (Å²) in [6.07, 6.45) is 0. The Labute approximate surface area is 276 Å². The van der Waals surface area contributed by atoms with Crippen LogP contribution in [0.3, 0.4) is 0 Å². The standard InChI is InChI=1S/C44H38O3/c1-26-11-5-6-12-33(26)41(34-20-17-30(45)23-27(34)2)43-37-13-7-9-15-39(37)44(40-16-10-8-14-38(40)43)42(35-21-18-31(46)24-28(35)3)36-22-19-32(47)25-29(36)4/h5-25,41-42,45-47H,1-4H3. The van der Waals surface area contributed by atoms with Gasteiger partial charge >= 0.3 is 0 Å². The van der Waals surface area contributed by atoms with Crippen LogP contribution in [0.25, 0.3) is 21.5 Å². The normalized spacial score (nSPS) is 12.2. The molecule has 0 radical (unpaired) electrons. The highest BCUT2D eigenvalue weighted by molar-refractivity contribution is 6.08. The average molecular weight is 615 g/mol. The fourth-order valence-corrected chi connectivity index (χ4v) is 7.64. The molecule has 0 saturated heterocycles. The monoisotopic (exact) mass is 614 g/mol. The highest BCUT2D eigenvalue weighted by Crippen LogP contribution is 2.49. The van der Waals surface area contributed by atoms with Crippen LogP contribution in [0.15, 0.2) is 127 Å². The van der Waals surface area contributed by atoms with E-state index < -0.39 is 0 Å². The molecule has 0 spiro atoms. The molecular weight excluding hydrogens is 576 g/mol. The van der Waals surface area contributed by atoms with Crippen LogP contribution in [0.1, 0.15) is 67.5 Å². The minimum absolute atomic E-state index is 0.0927. The van der Waals surface area contributed by atoms with Crippen LogP contribution in [0.4, 0.5) is 0 Å². The van der Waals surface area contributed by atoms with E-state index in [1.54, 1.807) is 18.2 Å². The molecule has 0 fully saturated rings. The van der Waals surface area contributed by atoms with Crippen LogP contribution in [-0.4, -0.2) is 15.3 Å². The van der Waals surface area contributed by atoms with Gasteiger partial charge in [0.2, 0.25) is 0 Å². The number of fused-ring (bicyclic) bond motifs is 2. The molecule has 47 heavy (non-hydrogen) atoms. The summed E-state index contributed by atoms with van der Waals surface area (Å²) in [6, 6.07) is 43.0. The van der Waals surface area contributed by atoms with Gasteiger partial charge in [-0.15, -0.1) is 0 Å². The molecular formula is C44H38O3. The lowest BCUT2D eigenvalue weighted by molar-refractivity contribution is 0.474. The fourth-order valence-electron chi connectivity index (χ4n) is 7.64. The first-order valence-corrected chi connectivity index (χ1v) is 16.1. The number of hydrogen-bond acceptors (Lipinski definition) is 3. The van der Waals surface area contributed by atoms with Gasteiger partial charge in [-0.3, -0.25) is 0 Å². The molecule has 0 saturated carbocycles. The Kier molecular flexibility index (Phi) is 7.69. The van der Waals surface area contributed by atoms with E-state index in [1.807, 2.05) is 30.3 Å². The fraction of sp³-hybridized carbons (Fsp3) is 0.136. The summed E-state index contributed by atoms with van der Waals surface area (Å²) in [5, 5.41) is 35.9. The van der Waals surface area contributed by atoms with Crippen molar-refractivity contribution < 1.29 is 15.3 Å². The summed E-state index contributed by atoms with van der Waals surface area (Å²) < 4.78 is 0. The Balaban J connectivity index is 1.65. The number of rotatable bonds is 6. The van der Waals surface area contributed by atoms with Crippen molar-refractivity contribution in [2.45, 2.75) is 39.5 Å². The van der Waals surface area contributed by atoms with Gasteiger partial charge in [-0.2, -0.15) is 0 Å². The first-order chi connectivity index (χ1) is 22.7. The predicted octanol–water partition coefficient (Wildman–Crippen LogP) is 10.7. The highest BCUT2D eigenvalue weighted by atomic mass is 16.3. The second-order valence-corrected chi connectivity index (χ2v) is 12.8. The SMILES string of the molecule is Cc1ccccc1C(c1ccc(O)cc1C)c1c2ccccc2c(C(c2ccc(O)cc2C)c2ccc(O)cc2C)c2ccccc12. The lowest BCUT2D eigenvalue weighted by Crippen LogP contribution is -2.12. The molecule has 0 aliphatic heterocycles. The Morgan fingerprint density at radius 3 is 0.957 bits per heavy atom. The molecule has 7 aromatic rings. The van der Waals surface area contributed by atoms with E-state index >= 15 is 0 Å². The van der Waals surface area contributed by atoms with Gasteiger partial charge in [-0.1, -0.05) is 91.0 Å². The molecule has 1 atom stereocenters. The lowest BCUT2D eigenvalue weighted by Gasteiger charge is -2.30. The number of benzene rings is 7. The van der Waals surface area contributed by atoms with Gasteiger partial charge in [0.15, 0.2) is 0 Å². The van der Waals surface area contributed by atoms with Crippen molar-refractivity contribution in [3.63, 3.8) is 0 Å². The van der Waals surface area contributed by atoms with E-state index in [0.717, 1.165) is 44.2 Å². The first kappa shape index (κ1) is 30.1. The highest BCUT2D eigenvalue weighted by Gasteiger charge is 2.30. The topological polar surface area (TPSA) is 60.7 Å². The predicted molar refractivity (Wildman–Crippen MR) is 193 cm³/mol. The number of aryl methyl sites for hydroxylation is 4. The molecule has 7 rings (SSSR count). The summed E-state index contributed by atoms with van der Waals surface area (Å²) in [4.78, 5) is 0. The average Bonchev–Trinajstić information content (AvgIpc) is 3.05. The van der Waals surface area contributed by atoms with Gasteiger partial charge in [0, 0.05) is 11.8 Å². The van der Waals surface area contributed by atoms with E-state index in [9.17, 15) is 15.3 Å². The molecule has 3 heteroatoms. The van der Waals surface area contributed by atoms with E-state index in [-0.39, 0.29) is 29.1 Å². The Morgan fingerprint density at radius 1 is 0.340 bits per heavy atom. The maximum atomic E-state index is 10.4. The van der Waals surface area contributed by atoms with Crippen LogP contribution in [0.5, 0.6) is 17.2 Å². The number of aromatic hydroxyl groups is 3. The molecule has 232 valence electrons. The Morgan fingerprint density at radius 2 is 0.638 bits per heavy atom. The lowest BCUT2D eigenvalue weighted by atomic mass is 9.73. The van der Waals surface area contributed by atoms with Crippen molar-refractivity contribution in [3.8, 4) is 17.2 Å².